The van der Waals surface area contributed by atoms with Gasteiger partial charge in [0.05, 0.1) is 11.2 Å². The third-order valence-corrected chi connectivity index (χ3v) is 2.30. The molecule has 0 radical (unpaired) electrons. The molecule has 72 valence electrons. The molecule has 0 aliphatic carbocycles. The van der Waals surface area contributed by atoms with Crippen LogP contribution in [-0.4, -0.2) is 15.8 Å². The first kappa shape index (κ1) is 8.74. The van der Waals surface area contributed by atoms with Crippen LogP contribution in [0.2, 0.25) is 0 Å². The summed E-state index contributed by atoms with van der Waals surface area (Å²) in [6.07, 6.45) is 0. The molecule has 4 nitrogen and oxygen atoms in total. The molecule has 4 heteroatoms. The molecule has 0 spiro atoms. The monoisotopic (exact) mass is 189 g/mol. The summed E-state index contributed by atoms with van der Waals surface area (Å²) in [5.41, 5.74) is 7.91. The van der Waals surface area contributed by atoms with Gasteiger partial charge in [-0.1, -0.05) is 12.1 Å². The van der Waals surface area contributed by atoms with E-state index in [0.717, 1.165) is 22.2 Å². The second kappa shape index (κ2) is 2.83. The van der Waals surface area contributed by atoms with Gasteiger partial charge in [-0.3, -0.25) is 0 Å². The van der Waals surface area contributed by atoms with Crippen LogP contribution < -0.4 is 5.73 Å². The molecular formula is C10H11N3O. The number of aryl methyl sites for hydroxylation is 2. The predicted molar refractivity (Wildman–Crippen MR) is 54.2 cm³/mol. The number of benzene rings is 1. The summed E-state index contributed by atoms with van der Waals surface area (Å²) in [7, 11) is 0. The zero-order valence-corrected chi connectivity index (χ0v) is 8.11. The summed E-state index contributed by atoms with van der Waals surface area (Å²) in [5.74, 6) is 0. The van der Waals surface area contributed by atoms with Crippen molar-refractivity contribution in [3.05, 3.63) is 29.5 Å². The number of carbonyl (C=O) groups is 1. The highest BCUT2D eigenvalue weighted by Crippen LogP contribution is 2.21. The molecule has 1 aromatic heterocycles. The molecule has 0 fully saturated rings. The van der Waals surface area contributed by atoms with Crippen molar-refractivity contribution in [2.75, 3.05) is 0 Å². The van der Waals surface area contributed by atoms with E-state index in [0.29, 0.717) is 0 Å². The van der Waals surface area contributed by atoms with Gasteiger partial charge in [-0.15, -0.1) is 0 Å². The third kappa shape index (κ3) is 1.08. The topological polar surface area (TPSA) is 60.9 Å². The summed E-state index contributed by atoms with van der Waals surface area (Å²) in [5, 5.41) is 5.10. The number of nitrogens with two attached hydrogens (primary N) is 1. The second-order valence-electron chi connectivity index (χ2n) is 3.30. The first-order chi connectivity index (χ1) is 6.61. The maximum absolute atomic E-state index is 11.1. The Kier molecular flexibility index (Phi) is 1.77. The van der Waals surface area contributed by atoms with Crippen LogP contribution in [0.1, 0.15) is 11.3 Å². The number of hydrogen-bond acceptors (Lipinski definition) is 2. The Morgan fingerprint density at radius 3 is 2.79 bits per heavy atom. The molecule has 0 aliphatic rings. The number of fused-ring (bicyclic) bond motifs is 1. The summed E-state index contributed by atoms with van der Waals surface area (Å²) in [6.45, 7) is 3.86. The van der Waals surface area contributed by atoms with E-state index in [-0.39, 0.29) is 0 Å². The lowest BCUT2D eigenvalue weighted by Crippen LogP contribution is -2.20. The van der Waals surface area contributed by atoms with Gasteiger partial charge >= 0.3 is 6.03 Å². The maximum atomic E-state index is 11.1. The number of primary amides is 1. The normalized spacial score (nSPS) is 10.7. The molecule has 0 bridgehead atoms. The number of amides is 1. The minimum absolute atomic E-state index is 0.547. The van der Waals surface area contributed by atoms with E-state index in [4.69, 9.17) is 5.73 Å². The molecule has 2 N–H and O–H groups in total. The smallest absolute Gasteiger partial charge is 0.340 e. The Labute approximate surface area is 81.3 Å². The molecule has 0 unspecified atom stereocenters. The van der Waals surface area contributed by atoms with Crippen LogP contribution in [0.5, 0.6) is 0 Å². The molecule has 1 heterocycles. The van der Waals surface area contributed by atoms with Gasteiger partial charge in [0.1, 0.15) is 0 Å². The van der Waals surface area contributed by atoms with Gasteiger partial charge < -0.3 is 5.73 Å². The minimum Gasteiger partial charge on any atom is -0.350 e. The van der Waals surface area contributed by atoms with E-state index in [2.05, 4.69) is 5.10 Å². The first-order valence-electron chi connectivity index (χ1n) is 4.36. The van der Waals surface area contributed by atoms with Crippen LogP contribution in [-0.2, 0) is 0 Å². The first-order valence-corrected chi connectivity index (χ1v) is 4.36. The number of nitrogens with zero attached hydrogens (tertiary/aromatic N) is 2. The second-order valence-corrected chi connectivity index (χ2v) is 3.30. The highest BCUT2D eigenvalue weighted by molar-refractivity contribution is 5.92. The van der Waals surface area contributed by atoms with Gasteiger partial charge in [-0.25, -0.2) is 4.79 Å². The van der Waals surface area contributed by atoms with Crippen LogP contribution in [0, 0.1) is 13.8 Å². The molecule has 1 amide bonds. The van der Waals surface area contributed by atoms with Crippen molar-refractivity contribution in [1.82, 2.24) is 9.78 Å². The lowest BCUT2D eigenvalue weighted by atomic mass is 10.1. The molecule has 0 atom stereocenters. The van der Waals surface area contributed by atoms with Gasteiger partial charge in [0, 0.05) is 5.39 Å². The molecule has 0 saturated carbocycles. The van der Waals surface area contributed by atoms with Gasteiger partial charge in [-0.05, 0) is 25.5 Å². The van der Waals surface area contributed by atoms with E-state index >= 15 is 0 Å². The van der Waals surface area contributed by atoms with E-state index in [9.17, 15) is 4.79 Å². The van der Waals surface area contributed by atoms with Crippen molar-refractivity contribution < 1.29 is 4.79 Å². The number of carbonyl (C=O) groups excluding carboxylic acids is 1. The average Bonchev–Trinajstić information content (AvgIpc) is 2.45. The fraction of sp³-hybridized carbons (Fsp3) is 0.200. The molecule has 0 aliphatic heterocycles. The number of hydrogen-bond donors (Lipinski definition) is 1. The number of rotatable bonds is 0. The van der Waals surface area contributed by atoms with Gasteiger partial charge in [0.2, 0.25) is 0 Å². The quantitative estimate of drug-likeness (QED) is 0.683. The van der Waals surface area contributed by atoms with E-state index in [1.807, 2.05) is 32.0 Å². The standard InChI is InChI=1S/C10H11N3O/c1-6-4-3-5-8-9(6)7(2)12-13(8)10(11)14/h3-5H,1-2H3,(H2,11,14). The Morgan fingerprint density at radius 1 is 1.43 bits per heavy atom. The third-order valence-electron chi connectivity index (χ3n) is 2.30. The summed E-state index contributed by atoms with van der Waals surface area (Å²) >= 11 is 0. The van der Waals surface area contributed by atoms with Crippen molar-refractivity contribution in [2.45, 2.75) is 13.8 Å². The van der Waals surface area contributed by atoms with Gasteiger partial charge in [-0.2, -0.15) is 9.78 Å². The zero-order chi connectivity index (χ0) is 10.3. The summed E-state index contributed by atoms with van der Waals surface area (Å²) in [4.78, 5) is 11.1. The highest BCUT2D eigenvalue weighted by atomic mass is 16.2. The summed E-state index contributed by atoms with van der Waals surface area (Å²) < 4.78 is 1.23. The van der Waals surface area contributed by atoms with E-state index < -0.39 is 6.03 Å². The molecule has 1 aromatic carbocycles. The Hall–Kier alpha value is -1.84. The fourth-order valence-electron chi connectivity index (χ4n) is 1.72. The van der Waals surface area contributed by atoms with Crippen LogP contribution in [0.3, 0.4) is 0 Å². The van der Waals surface area contributed by atoms with Crippen molar-refractivity contribution in [3.8, 4) is 0 Å². The SMILES string of the molecule is Cc1cccc2c1c(C)nn2C(N)=O. The van der Waals surface area contributed by atoms with Crippen molar-refractivity contribution in [1.29, 1.82) is 0 Å². The highest BCUT2D eigenvalue weighted by Gasteiger charge is 2.11. The molecular weight excluding hydrogens is 178 g/mol. The molecule has 0 saturated heterocycles. The van der Waals surface area contributed by atoms with Crippen molar-refractivity contribution in [2.24, 2.45) is 5.73 Å². The van der Waals surface area contributed by atoms with Gasteiger partial charge in [0.15, 0.2) is 0 Å². The number of aromatic nitrogens is 2. The largest absolute Gasteiger partial charge is 0.350 e. The lowest BCUT2D eigenvalue weighted by Gasteiger charge is -1.97. The van der Waals surface area contributed by atoms with Gasteiger partial charge in [0.25, 0.3) is 0 Å². The molecule has 2 rings (SSSR count). The minimum atomic E-state index is -0.547. The van der Waals surface area contributed by atoms with Crippen molar-refractivity contribution >= 4 is 16.9 Å². The van der Waals surface area contributed by atoms with Crippen LogP contribution in [0.15, 0.2) is 18.2 Å². The zero-order valence-electron chi connectivity index (χ0n) is 8.11. The summed E-state index contributed by atoms with van der Waals surface area (Å²) in [6, 6.07) is 5.17. The Morgan fingerprint density at radius 2 is 2.14 bits per heavy atom. The maximum Gasteiger partial charge on any atom is 0.340 e. The average molecular weight is 189 g/mol. The fourth-order valence-corrected chi connectivity index (χ4v) is 1.72. The van der Waals surface area contributed by atoms with E-state index in [1.165, 1.54) is 4.68 Å². The van der Waals surface area contributed by atoms with Crippen molar-refractivity contribution in [3.63, 3.8) is 0 Å². The van der Waals surface area contributed by atoms with Crippen LogP contribution in [0.4, 0.5) is 4.79 Å². The van der Waals surface area contributed by atoms with Crippen LogP contribution >= 0.6 is 0 Å². The molecule has 2 aromatic rings. The molecule has 14 heavy (non-hydrogen) atoms. The Balaban J connectivity index is 2.91. The lowest BCUT2D eigenvalue weighted by molar-refractivity contribution is 0.248. The Bertz CT molecular complexity index is 513. The van der Waals surface area contributed by atoms with Crippen LogP contribution in [0.25, 0.3) is 10.9 Å². The predicted octanol–water partition coefficient (Wildman–Crippen LogP) is 1.58. The van der Waals surface area contributed by atoms with E-state index in [1.54, 1.807) is 0 Å².